The van der Waals surface area contributed by atoms with Crippen LogP contribution in [0, 0.1) is 16.7 Å². The summed E-state index contributed by atoms with van der Waals surface area (Å²) in [5.41, 5.74) is 0.999. The van der Waals surface area contributed by atoms with Gasteiger partial charge in [-0.3, -0.25) is 4.79 Å². The Hall–Kier alpha value is -2.49. The SMILES string of the molecule is CC1(C)[C@@H]2CC[C@@]1(CS(=O)(=O)N1CCC3(C=Cc4ccccc43)CC1)[C@@](O)(CCNC(=O)Cc1cnc[nH]1)C2. The van der Waals surface area contributed by atoms with Gasteiger partial charge in [-0.25, -0.2) is 17.7 Å². The molecule has 1 aromatic heterocycles. The highest BCUT2D eigenvalue weighted by atomic mass is 32.2. The number of carbonyl (C=O) groups excluding carboxylic acids is 1. The number of H-pyrrole nitrogens is 1. The molecule has 3 N–H and O–H groups in total. The smallest absolute Gasteiger partial charge is 0.225 e. The number of imidazole rings is 1. The predicted octanol–water partition coefficient (Wildman–Crippen LogP) is 3.41. The summed E-state index contributed by atoms with van der Waals surface area (Å²) in [6.45, 7) is 5.57. The quantitative estimate of drug-likeness (QED) is 0.464. The third kappa shape index (κ3) is 4.19. The molecular formula is C30H40N4O4S. The molecular weight excluding hydrogens is 512 g/mol. The highest BCUT2D eigenvalue weighted by Crippen LogP contribution is 2.71. The molecule has 2 heterocycles. The third-order valence-electron chi connectivity index (χ3n) is 10.9. The number of hydrogen-bond acceptors (Lipinski definition) is 5. The first-order valence-electron chi connectivity index (χ1n) is 14.2. The van der Waals surface area contributed by atoms with Gasteiger partial charge in [0.25, 0.3) is 0 Å². The highest BCUT2D eigenvalue weighted by molar-refractivity contribution is 7.89. The number of nitrogens with zero attached hydrogens (tertiary/aromatic N) is 2. The van der Waals surface area contributed by atoms with Crippen molar-refractivity contribution in [2.75, 3.05) is 25.4 Å². The van der Waals surface area contributed by atoms with Gasteiger partial charge in [-0.05, 0) is 61.0 Å². The third-order valence-corrected chi connectivity index (χ3v) is 12.9. The standard InChI is InChI=1S/C30H40N4O4S/c1-27(2)23-8-10-29(27,30(36,18-23)11-14-32-26(35)17-24-19-31-21-33-24)20-39(37,38)34-15-12-28(13-16-34)9-7-22-5-3-4-6-25(22)28/h3-7,9,19,21,23,36H,8,10-18,20H2,1-2H3,(H,31,33)(H,32,35)/t23-,29+,30-/m1/s1. The fourth-order valence-electron chi connectivity index (χ4n) is 8.48. The fourth-order valence-corrected chi connectivity index (χ4v) is 10.8. The second-order valence-corrected chi connectivity index (χ2v) is 14.8. The van der Waals surface area contributed by atoms with E-state index in [4.69, 9.17) is 0 Å². The minimum absolute atomic E-state index is 0.0402. The zero-order valence-electron chi connectivity index (χ0n) is 22.9. The predicted molar refractivity (Wildman–Crippen MR) is 150 cm³/mol. The monoisotopic (exact) mass is 552 g/mol. The number of aromatic amines is 1. The van der Waals surface area contributed by atoms with E-state index in [1.54, 1.807) is 16.8 Å². The zero-order chi connectivity index (χ0) is 27.5. The van der Waals surface area contributed by atoms with Crippen LogP contribution in [-0.2, 0) is 26.7 Å². The van der Waals surface area contributed by atoms with Gasteiger partial charge in [0.1, 0.15) is 0 Å². The molecule has 9 heteroatoms. The van der Waals surface area contributed by atoms with Crippen LogP contribution in [0.25, 0.3) is 6.08 Å². The van der Waals surface area contributed by atoms with Crippen molar-refractivity contribution in [3.05, 3.63) is 59.7 Å². The molecule has 4 aliphatic rings. The van der Waals surface area contributed by atoms with E-state index >= 15 is 0 Å². The number of piperidine rings is 1. The van der Waals surface area contributed by atoms with Gasteiger partial charge >= 0.3 is 0 Å². The normalized spacial score (nSPS) is 30.6. The molecule has 39 heavy (non-hydrogen) atoms. The van der Waals surface area contributed by atoms with Crippen LogP contribution in [0.1, 0.15) is 69.2 Å². The van der Waals surface area contributed by atoms with Gasteiger partial charge in [-0.1, -0.05) is 50.3 Å². The summed E-state index contributed by atoms with van der Waals surface area (Å²) < 4.78 is 29.7. The van der Waals surface area contributed by atoms with Crippen LogP contribution >= 0.6 is 0 Å². The number of allylic oxidation sites excluding steroid dienone is 1. The van der Waals surface area contributed by atoms with E-state index in [0.29, 0.717) is 38.9 Å². The molecule has 1 aromatic carbocycles. The summed E-state index contributed by atoms with van der Waals surface area (Å²) in [5, 5.41) is 15.0. The van der Waals surface area contributed by atoms with Crippen LogP contribution in [0.15, 0.2) is 42.9 Å². The Morgan fingerprint density at radius 3 is 2.69 bits per heavy atom. The van der Waals surface area contributed by atoms with Gasteiger partial charge in [-0.15, -0.1) is 0 Å². The van der Waals surface area contributed by atoms with E-state index in [-0.39, 0.29) is 34.8 Å². The Morgan fingerprint density at radius 2 is 1.97 bits per heavy atom. The number of aliphatic hydroxyl groups is 1. The first-order valence-corrected chi connectivity index (χ1v) is 15.8. The van der Waals surface area contributed by atoms with Crippen LogP contribution < -0.4 is 5.32 Å². The van der Waals surface area contributed by atoms with Crippen molar-refractivity contribution in [1.82, 2.24) is 19.6 Å². The maximum Gasteiger partial charge on any atom is 0.225 e. The van der Waals surface area contributed by atoms with E-state index in [1.165, 1.54) is 11.1 Å². The number of carbonyl (C=O) groups is 1. The van der Waals surface area contributed by atoms with Gasteiger partial charge in [0.2, 0.25) is 15.9 Å². The molecule has 0 unspecified atom stereocenters. The minimum Gasteiger partial charge on any atom is -0.389 e. The molecule has 1 saturated heterocycles. The number of aromatic nitrogens is 2. The molecule has 3 aliphatic carbocycles. The number of amides is 1. The largest absolute Gasteiger partial charge is 0.389 e. The number of fused-ring (bicyclic) bond motifs is 4. The molecule has 3 fully saturated rings. The molecule has 2 bridgehead atoms. The van der Waals surface area contributed by atoms with Crippen molar-refractivity contribution in [1.29, 1.82) is 0 Å². The van der Waals surface area contributed by atoms with E-state index in [2.05, 4.69) is 59.5 Å². The lowest BCUT2D eigenvalue weighted by Crippen LogP contribution is -2.57. The topological polar surface area (TPSA) is 115 Å². The number of nitrogens with one attached hydrogen (secondary N) is 2. The Balaban J connectivity index is 1.15. The van der Waals surface area contributed by atoms with E-state index in [9.17, 15) is 18.3 Å². The Kier molecular flexibility index (Phi) is 6.36. The van der Waals surface area contributed by atoms with Crippen molar-refractivity contribution < 1.29 is 18.3 Å². The average molecular weight is 553 g/mol. The maximum absolute atomic E-state index is 14.0. The Morgan fingerprint density at radius 1 is 1.21 bits per heavy atom. The molecule has 1 aliphatic heterocycles. The lowest BCUT2D eigenvalue weighted by atomic mass is 9.63. The molecule has 6 rings (SSSR count). The summed E-state index contributed by atoms with van der Waals surface area (Å²) in [4.78, 5) is 19.3. The van der Waals surface area contributed by atoms with Crippen LogP contribution in [0.5, 0.6) is 0 Å². The summed E-state index contributed by atoms with van der Waals surface area (Å²) in [6, 6.07) is 8.41. The van der Waals surface area contributed by atoms with Crippen molar-refractivity contribution >= 4 is 22.0 Å². The zero-order valence-corrected chi connectivity index (χ0v) is 23.8. The molecule has 8 nitrogen and oxygen atoms in total. The van der Waals surface area contributed by atoms with E-state index in [0.717, 1.165) is 25.0 Å². The van der Waals surface area contributed by atoms with Crippen molar-refractivity contribution in [3.8, 4) is 0 Å². The molecule has 1 amide bonds. The molecule has 0 radical (unpaired) electrons. The molecule has 3 atom stereocenters. The van der Waals surface area contributed by atoms with Gasteiger partial charge in [0, 0.05) is 42.4 Å². The summed E-state index contributed by atoms with van der Waals surface area (Å²) >= 11 is 0. The fraction of sp³-hybridized carbons (Fsp3) is 0.600. The summed E-state index contributed by atoms with van der Waals surface area (Å²) in [7, 11) is -3.60. The second-order valence-electron chi connectivity index (χ2n) is 12.9. The second kappa shape index (κ2) is 9.28. The maximum atomic E-state index is 14.0. The Labute approximate surface area is 231 Å². The molecule has 2 aromatic rings. The van der Waals surface area contributed by atoms with E-state index < -0.39 is 21.0 Å². The molecule has 210 valence electrons. The average Bonchev–Trinajstić information content (AvgIpc) is 3.62. The van der Waals surface area contributed by atoms with Crippen molar-refractivity contribution in [2.24, 2.45) is 16.7 Å². The highest BCUT2D eigenvalue weighted by Gasteiger charge is 2.71. The van der Waals surface area contributed by atoms with Crippen LogP contribution in [0.4, 0.5) is 0 Å². The number of sulfonamides is 1. The van der Waals surface area contributed by atoms with Gasteiger partial charge in [-0.2, -0.15) is 0 Å². The van der Waals surface area contributed by atoms with Crippen molar-refractivity contribution in [2.45, 2.75) is 69.8 Å². The van der Waals surface area contributed by atoms with Crippen LogP contribution in [-0.4, -0.2) is 64.7 Å². The van der Waals surface area contributed by atoms with Crippen molar-refractivity contribution in [3.63, 3.8) is 0 Å². The first-order chi connectivity index (χ1) is 18.5. The number of rotatable bonds is 8. The van der Waals surface area contributed by atoms with Crippen LogP contribution in [0.3, 0.4) is 0 Å². The van der Waals surface area contributed by atoms with E-state index in [1.807, 2.05) is 6.07 Å². The van der Waals surface area contributed by atoms with Gasteiger partial charge < -0.3 is 15.4 Å². The minimum atomic E-state index is -3.60. The molecule has 1 spiro atoms. The lowest BCUT2D eigenvalue weighted by Gasteiger charge is -2.49. The number of benzene rings is 1. The molecule has 2 saturated carbocycles. The summed E-state index contributed by atoms with van der Waals surface area (Å²) in [5.74, 6) is 0.0847. The van der Waals surface area contributed by atoms with Gasteiger partial charge in [0.05, 0.1) is 24.1 Å². The summed E-state index contributed by atoms with van der Waals surface area (Å²) in [6.07, 6.45) is 11.9. The van der Waals surface area contributed by atoms with Gasteiger partial charge in [0.15, 0.2) is 0 Å². The first kappa shape index (κ1) is 26.7. The number of hydrogen-bond donors (Lipinski definition) is 3. The Bertz CT molecular complexity index is 1380. The lowest BCUT2D eigenvalue weighted by molar-refractivity contribution is -0.121. The van der Waals surface area contributed by atoms with Crippen LogP contribution in [0.2, 0.25) is 0 Å².